The van der Waals surface area contributed by atoms with Gasteiger partial charge in [-0.15, -0.1) is 0 Å². The Hall–Kier alpha value is -2.20. The number of rotatable bonds is 4. The minimum atomic E-state index is -4.01. The number of benzene rings is 1. The molecule has 1 aliphatic heterocycles. The van der Waals surface area contributed by atoms with Gasteiger partial charge in [-0.3, -0.25) is 10.1 Å². The maximum absolute atomic E-state index is 12.9. The summed E-state index contributed by atoms with van der Waals surface area (Å²) in [5, 5.41) is 19.6. The number of nitro groups is 1. The van der Waals surface area contributed by atoms with Crippen LogP contribution in [0.15, 0.2) is 29.2 Å². The lowest BCUT2D eigenvalue weighted by molar-refractivity contribution is -0.384. The van der Waals surface area contributed by atoms with Gasteiger partial charge in [-0.25, -0.2) is 13.2 Å². The van der Waals surface area contributed by atoms with Crippen LogP contribution in [0.25, 0.3) is 0 Å². The van der Waals surface area contributed by atoms with E-state index in [0.717, 1.165) is 41.4 Å². The highest BCUT2D eigenvalue weighted by atomic mass is 32.2. The predicted molar refractivity (Wildman–Crippen MR) is 80.8 cm³/mol. The molecule has 24 heavy (non-hydrogen) atoms. The zero-order valence-corrected chi connectivity index (χ0v) is 13.4. The minimum Gasteiger partial charge on any atom is -0.450 e. The zero-order valence-electron chi connectivity index (χ0n) is 12.6. The molecule has 0 amide bonds. The summed E-state index contributed by atoms with van der Waals surface area (Å²) in [7, 11) is -4.01. The Morgan fingerprint density at radius 1 is 1.29 bits per heavy atom. The van der Waals surface area contributed by atoms with E-state index in [1.54, 1.807) is 0 Å². The van der Waals surface area contributed by atoms with Gasteiger partial charge in [-0.2, -0.15) is 4.31 Å². The summed E-state index contributed by atoms with van der Waals surface area (Å²) in [6, 6.07) is 4.25. The predicted octanol–water partition coefficient (Wildman–Crippen LogP) is 2.18. The van der Waals surface area contributed by atoms with E-state index in [2.05, 4.69) is 0 Å². The Morgan fingerprint density at radius 2 is 1.96 bits per heavy atom. The highest BCUT2D eigenvalue weighted by Gasteiger charge is 2.51. The van der Waals surface area contributed by atoms with Gasteiger partial charge in [0, 0.05) is 24.6 Å². The summed E-state index contributed by atoms with van der Waals surface area (Å²) in [4.78, 5) is 20.9. The number of hydrogen-bond donors (Lipinski definition) is 1. The van der Waals surface area contributed by atoms with E-state index in [-0.39, 0.29) is 22.5 Å². The van der Waals surface area contributed by atoms with Crippen molar-refractivity contribution < 1.29 is 28.0 Å². The summed E-state index contributed by atoms with van der Waals surface area (Å²) >= 11 is 0. The van der Waals surface area contributed by atoms with Crippen molar-refractivity contribution in [2.24, 2.45) is 5.92 Å². The normalized spacial score (nSPS) is 26.9. The van der Waals surface area contributed by atoms with E-state index in [1.165, 1.54) is 0 Å². The van der Waals surface area contributed by atoms with Gasteiger partial charge in [0.2, 0.25) is 10.0 Å². The average molecular weight is 356 g/mol. The molecule has 130 valence electrons. The number of nitrogens with zero attached hydrogens (tertiary/aromatic N) is 2. The van der Waals surface area contributed by atoms with Gasteiger partial charge in [0.15, 0.2) is 6.23 Å². The van der Waals surface area contributed by atoms with Crippen LogP contribution >= 0.6 is 0 Å². The molecule has 3 unspecified atom stereocenters. The number of carbonyl (C=O) groups is 1. The largest absolute Gasteiger partial charge is 0.507 e. The Balaban J connectivity index is 1.95. The molecule has 1 aliphatic carbocycles. The number of fused-ring (bicyclic) bond motifs is 1. The number of carboxylic acid groups (broad SMARTS) is 1. The van der Waals surface area contributed by atoms with Crippen LogP contribution in [0, 0.1) is 16.0 Å². The average Bonchev–Trinajstić information content (AvgIpc) is 3.06. The van der Waals surface area contributed by atoms with Crippen molar-refractivity contribution in [2.45, 2.75) is 42.8 Å². The number of nitro benzene ring substituents is 1. The molecule has 1 N–H and O–H groups in total. The van der Waals surface area contributed by atoms with Crippen LogP contribution in [0.2, 0.25) is 0 Å². The van der Waals surface area contributed by atoms with E-state index in [9.17, 15) is 23.3 Å². The molecular weight excluding hydrogens is 340 g/mol. The first kappa shape index (κ1) is 16.7. The standard InChI is InChI=1S/C14H16N2O7S/c17-14(18)23-13-8-9-2-1-3-12(9)15(13)24(21,22)11-6-4-10(5-7-11)16(19)20/h4-7,9,12-13H,1-3,8H2,(H,17,18). The molecule has 3 rings (SSSR count). The second kappa shape index (κ2) is 6.02. The first-order valence-corrected chi connectivity index (χ1v) is 8.92. The highest BCUT2D eigenvalue weighted by Crippen LogP contribution is 2.44. The molecule has 2 aliphatic rings. The molecule has 1 saturated carbocycles. The van der Waals surface area contributed by atoms with Gasteiger partial charge in [-0.1, -0.05) is 6.42 Å². The smallest absolute Gasteiger partial charge is 0.450 e. The summed E-state index contributed by atoms with van der Waals surface area (Å²) in [5.41, 5.74) is -0.215. The lowest BCUT2D eigenvalue weighted by Gasteiger charge is -2.27. The molecule has 0 aromatic heterocycles. The first-order valence-electron chi connectivity index (χ1n) is 7.48. The number of hydrogen-bond acceptors (Lipinski definition) is 6. The van der Waals surface area contributed by atoms with Gasteiger partial charge in [0.05, 0.1) is 9.82 Å². The van der Waals surface area contributed by atoms with E-state index < -0.39 is 27.3 Å². The molecule has 1 saturated heterocycles. The second-order valence-electron chi connectivity index (χ2n) is 5.92. The van der Waals surface area contributed by atoms with E-state index >= 15 is 0 Å². The van der Waals surface area contributed by atoms with Crippen LogP contribution in [-0.2, 0) is 14.8 Å². The van der Waals surface area contributed by atoms with Crippen LogP contribution in [0.4, 0.5) is 10.5 Å². The third kappa shape index (κ3) is 2.82. The summed E-state index contributed by atoms with van der Waals surface area (Å²) in [6.07, 6.45) is 0.110. The summed E-state index contributed by atoms with van der Waals surface area (Å²) < 4.78 is 31.8. The third-order valence-corrected chi connectivity index (χ3v) is 6.52. The van der Waals surface area contributed by atoms with Crippen molar-refractivity contribution in [3.63, 3.8) is 0 Å². The van der Waals surface area contributed by atoms with Gasteiger partial charge in [-0.05, 0) is 30.9 Å². The zero-order chi connectivity index (χ0) is 17.5. The summed E-state index contributed by atoms with van der Waals surface area (Å²) in [6.45, 7) is 0. The van der Waals surface area contributed by atoms with Crippen LogP contribution < -0.4 is 0 Å². The number of ether oxygens (including phenoxy) is 1. The van der Waals surface area contributed by atoms with Crippen LogP contribution in [0.5, 0.6) is 0 Å². The molecule has 1 aromatic carbocycles. The SMILES string of the molecule is O=C(O)OC1CC2CCCC2N1S(=O)(=O)c1ccc([N+](=O)[O-])cc1. The van der Waals surface area contributed by atoms with Gasteiger partial charge >= 0.3 is 6.16 Å². The fourth-order valence-corrected chi connectivity index (χ4v) is 5.41. The summed E-state index contributed by atoms with van der Waals surface area (Å²) in [5.74, 6) is 0.0715. The number of sulfonamides is 1. The molecule has 10 heteroatoms. The van der Waals surface area contributed by atoms with Gasteiger partial charge < -0.3 is 9.84 Å². The van der Waals surface area contributed by atoms with Crippen molar-refractivity contribution in [3.8, 4) is 0 Å². The maximum atomic E-state index is 12.9. The van der Waals surface area contributed by atoms with Gasteiger partial charge in [0.1, 0.15) is 0 Å². The van der Waals surface area contributed by atoms with Crippen LogP contribution in [-0.4, -0.2) is 41.2 Å². The molecular formula is C14H16N2O7S. The van der Waals surface area contributed by atoms with Crippen molar-refractivity contribution in [3.05, 3.63) is 34.4 Å². The monoisotopic (exact) mass is 356 g/mol. The van der Waals surface area contributed by atoms with E-state index in [0.29, 0.717) is 12.8 Å². The molecule has 3 atom stereocenters. The first-order chi connectivity index (χ1) is 11.3. The fourth-order valence-electron chi connectivity index (χ4n) is 3.61. The van der Waals surface area contributed by atoms with Crippen molar-refractivity contribution >= 4 is 21.9 Å². The highest BCUT2D eigenvalue weighted by molar-refractivity contribution is 7.89. The van der Waals surface area contributed by atoms with Crippen molar-refractivity contribution in [1.29, 1.82) is 0 Å². The maximum Gasteiger partial charge on any atom is 0.507 e. The van der Waals surface area contributed by atoms with Gasteiger partial charge in [0.25, 0.3) is 5.69 Å². The quantitative estimate of drug-likeness (QED) is 0.497. The minimum absolute atomic E-state index is 0.0715. The molecule has 2 fully saturated rings. The Bertz CT molecular complexity index is 762. The molecule has 9 nitrogen and oxygen atoms in total. The third-order valence-electron chi connectivity index (χ3n) is 4.59. The number of non-ortho nitro benzene ring substituents is 1. The van der Waals surface area contributed by atoms with E-state index in [4.69, 9.17) is 9.84 Å². The van der Waals surface area contributed by atoms with Crippen molar-refractivity contribution in [2.75, 3.05) is 0 Å². The molecule has 0 spiro atoms. The Morgan fingerprint density at radius 3 is 2.54 bits per heavy atom. The van der Waals surface area contributed by atoms with E-state index in [1.807, 2.05) is 0 Å². The van der Waals surface area contributed by atoms with Crippen LogP contribution in [0.1, 0.15) is 25.7 Å². The molecule has 0 radical (unpaired) electrons. The fraction of sp³-hybridized carbons (Fsp3) is 0.500. The van der Waals surface area contributed by atoms with Crippen molar-refractivity contribution in [1.82, 2.24) is 4.31 Å². The Labute approximate surface area is 138 Å². The lowest BCUT2D eigenvalue weighted by atomic mass is 10.0. The topological polar surface area (TPSA) is 127 Å². The molecule has 1 heterocycles. The lowest BCUT2D eigenvalue weighted by Crippen LogP contribution is -2.43. The second-order valence-corrected chi connectivity index (χ2v) is 7.76. The molecule has 1 aromatic rings. The molecule has 0 bridgehead atoms. The Kier molecular flexibility index (Phi) is 4.18. The van der Waals surface area contributed by atoms with Crippen LogP contribution in [0.3, 0.4) is 0 Å².